The molecule has 1 fully saturated rings. The van der Waals surface area contributed by atoms with E-state index in [2.05, 4.69) is 4.72 Å². The lowest BCUT2D eigenvalue weighted by molar-refractivity contribution is 0.424. The summed E-state index contributed by atoms with van der Waals surface area (Å²) in [6.45, 7) is 1.02. The second kappa shape index (κ2) is 8.26. The molecule has 148 valence electrons. The predicted octanol–water partition coefficient (Wildman–Crippen LogP) is 4.42. The highest BCUT2D eigenvalue weighted by Crippen LogP contribution is 2.35. The Kier molecular flexibility index (Phi) is 6.39. The second-order valence-electron chi connectivity index (χ2n) is 6.14. The van der Waals surface area contributed by atoms with Gasteiger partial charge in [0.05, 0.1) is 9.23 Å². The number of thiophene rings is 1. The average molecular weight is 469 g/mol. The molecule has 0 radical (unpaired) electrons. The van der Waals surface area contributed by atoms with Crippen LogP contribution in [0.25, 0.3) is 0 Å². The van der Waals surface area contributed by atoms with Gasteiger partial charge in [0.15, 0.2) is 0 Å². The first-order valence-corrected chi connectivity index (χ1v) is 12.8. The molecule has 0 amide bonds. The fourth-order valence-electron chi connectivity index (χ4n) is 2.84. The van der Waals surface area contributed by atoms with E-state index in [9.17, 15) is 16.8 Å². The molecule has 2 heterocycles. The Morgan fingerprint density at radius 1 is 0.926 bits per heavy atom. The Hall–Kier alpha value is -0.840. The number of rotatable bonds is 5. The zero-order chi connectivity index (χ0) is 19.7. The quantitative estimate of drug-likeness (QED) is 0.703. The third-order valence-corrected chi connectivity index (χ3v) is 9.27. The van der Waals surface area contributed by atoms with Crippen LogP contribution in [0.4, 0.5) is 5.69 Å². The number of nitrogens with one attached hydrogen (secondary N) is 1. The number of hydrogen-bond acceptors (Lipinski definition) is 5. The van der Waals surface area contributed by atoms with E-state index in [0.717, 1.165) is 37.0 Å². The first-order valence-electron chi connectivity index (χ1n) is 8.28. The van der Waals surface area contributed by atoms with Gasteiger partial charge in [-0.1, -0.05) is 36.0 Å². The molecule has 0 bridgehead atoms. The van der Waals surface area contributed by atoms with Crippen molar-refractivity contribution in [1.82, 2.24) is 4.31 Å². The van der Waals surface area contributed by atoms with Crippen molar-refractivity contribution in [1.29, 1.82) is 0 Å². The van der Waals surface area contributed by atoms with Gasteiger partial charge in [-0.05, 0) is 43.2 Å². The molecule has 3 rings (SSSR count). The van der Waals surface area contributed by atoms with Crippen LogP contribution in [0.2, 0.25) is 8.67 Å². The van der Waals surface area contributed by atoms with E-state index in [1.54, 1.807) is 0 Å². The van der Waals surface area contributed by atoms with Crippen molar-refractivity contribution in [3.05, 3.63) is 39.0 Å². The maximum absolute atomic E-state index is 12.8. The first kappa shape index (κ1) is 20.9. The average Bonchev–Trinajstić information content (AvgIpc) is 2.81. The molecule has 1 saturated heterocycles. The summed E-state index contributed by atoms with van der Waals surface area (Å²) >= 11 is 12.7. The first-order chi connectivity index (χ1) is 12.7. The Bertz CT molecular complexity index is 1010. The van der Waals surface area contributed by atoms with E-state index < -0.39 is 20.0 Å². The van der Waals surface area contributed by atoms with E-state index >= 15 is 0 Å². The molecule has 0 spiro atoms. The molecule has 1 aliphatic heterocycles. The van der Waals surface area contributed by atoms with Gasteiger partial charge in [-0.3, -0.25) is 4.72 Å². The summed E-state index contributed by atoms with van der Waals surface area (Å²) < 4.78 is 54.6. The van der Waals surface area contributed by atoms with Gasteiger partial charge in [0.2, 0.25) is 10.0 Å². The van der Waals surface area contributed by atoms with Crippen LogP contribution in [-0.4, -0.2) is 34.2 Å². The summed E-state index contributed by atoms with van der Waals surface area (Å²) in [4.78, 5) is 0.0318. The molecule has 1 aromatic heterocycles. The fraction of sp³-hybridized carbons (Fsp3) is 0.375. The maximum Gasteiger partial charge on any atom is 0.264 e. The van der Waals surface area contributed by atoms with Gasteiger partial charge in [0.1, 0.15) is 9.23 Å². The monoisotopic (exact) mass is 468 g/mol. The minimum absolute atomic E-state index is 0.0628. The van der Waals surface area contributed by atoms with Crippen molar-refractivity contribution in [2.45, 2.75) is 35.5 Å². The van der Waals surface area contributed by atoms with Gasteiger partial charge < -0.3 is 0 Å². The summed E-state index contributed by atoms with van der Waals surface area (Å²) in [7, 11) is -7.49. The van der Waals surface area contributed by atoms with Gasteiger partial charge in [-0.25, -0.2) is 16.8 Å². The molecule has 2 aromatic rings. The second-order valence-corrected chi connectivity index (χ2v) is 12.0. The van der Waals surface area contributed by atoms with Gasteiger partial charge >= 0.3 is 0 Å². The lowest BCUT2D eigenvalue weighted by Gasteiger charge is -2.20. The molecule has 6 nitrogen and oxygen atoms in total. The third kappa shape index (κ3) is 4.78. The zero-order valence-corrected chi connectivity index (χ0v) is 18.2. The lowest BCUT2D eigenvalue weighted by atomic mass is 10.2. The molecule has 1 aromatic carbocycles. The van der Waals surface area contributed by atoms with Crippen molar-refractivity contribution < 1.29 is 16.8 Å². The molecule has 0 atom stereocenters. The maximum atomic E-state index is 12.8. The van der Waals surface area contributed by atoms with Crippen molar-refractivity contribution in [3.63, 3.8) is 0 Å². The molecule has 0 unspecified atom stereocenters. The molecule has 0 aliphatic carbocycles. The number of anilines is 1. The highest BCUT2D eigenvalue weighted by atomic mass is 35.5. The van der Waals surface area contributed by atoms with Crippen LogP contribution in [-0.2, 0) is 20.0 Å². The van der Waals surface area contributed by atoms with Crippen LogP contribution in [0.5, 0.6) is 0 Å². The molecule has 0 saturated carbocycles. The standard InChI is InChI=1S/C16H18Cl2N2O4S3/c17-15-11-14(16(18)25-15)26(21,22)19-12-5-7-13(8-6-12)27(23,24)20-9-3-1-2-4-10-20/h5-8,11,19H,1-4,9-10H2. The Labute approximate surface area is 173 Å². The van der Waals surface area contributed by atoms with Gasteiger partial charge in [-0.15, -0.1) is 11.3 Å². The van der Waals surface area contributed by atoms with Crippen LogP contribution in [0.15, 0.2) is 40.1 Å². The summed E-state index contributed by atoms with van der Waals surface area (Å²) in [6, 6.07) is 6.92. The molecule has 1 aliphatic rings. The van der Waals surface area contributed by atoms with Crippen LogP contribution in [0.1, 0.15) is 25.7 Å². The Morgan fingerprint density at radius 2 is 1.52 bits per heavy atom. The fourth-order valence-corrected chi connectivity index (χ4v) is 7.57. The Balaban J connectivity index is 1.80. The zero-order valence-electron chi connectivity index (χ0n) is 14.2. The minimum Gasteiger partial charge on any atom is -0.280 e. The van der Waals surface area contributed by atoms with Gasteiger partial charge in [0.25, 0.3) is 10.0 Å². The molecular weight excluding hydrogens is 451 g/mol. The van der Waals surface area contributed by atoms with E-state index in [-0.39, 0.29) is 24.2 Å². The highest BCUT2D eigenvalue weighted by molar-refractivity contribution is 7.93. The van der Waals surface area contributed by atoms with E-state index in [0.29, 0.717) is 13.1 Å². The summed E-state index contributed by atoms with van der Waals surface area (Å²) in [5.74, 6) is 0. The van der Waals surface area contributed by atoms with E-state index in [1.165, 1.54) is 34.6 Å². The largest absolute Gasteiger partial charge is 0.280 e. The normalized spacial score (nSPS) is 16.8. The number of benzene rings is 1. The van der Waals surface area contributed by atoms with Crippen molar-refractivity contribution in [2.24, 2.45) is 0 Å². The van der Waals surface area contributed by atoms with Crippen LogP contribution in [0.3, 0.4) is 0 Å². The third-order valence-electron chi connectivity index (χ3n) is 4.22. The number of sulfonamides is 2. The van der Waals surface area contributed by atoms with Gasteiger partial charge in [0, 0.05) is 18.8 Å². The van der Waals surface area contributed by atoms with Crippen LogP contribution < -0.4 is 4.72 Å². The summed E-state index contributed by atoms with van der Waals surface area (Å²) in [5.41, 5.74) is 0.239. The van der Waals surface area contributed by atoms with E-state index in [4.69, 9.17) is 23.2 Å². The molecule has 27 heavy (non-hydrogen) atoms. The molecule has 11 heteroatoms. The van der Waals surface area contributed by atoms with Crippen LogP contribution >= 0.6 is 34.5 Å². The van der Waals surface area contributed by atoms with Gasteiger partial charge in [-0.2, -0.15) is 4.31 Å². The molecule has 1 N–H and O–H groups in total. The van der Waals surface area contributed by atoms with Crippen molar-refractivity contribution >= 4 is 60.3 Å². The SMILES string of the molecule is O=S(=O)(Nc1ccc(S(=O)(=O)N2CCCCCC2)cc1)c1cc(Cl)sc1Cl. The predicted molar refractivity (Wildman–Crippen MR) is 109 cm³/mol. The van der Waals surface area contributed by atoms with Crippen molar-refractivity contribution in [3.8, 4) is 0 Å². The molecular formula is C16H18Cl2N2O4S3. The number of halogens is 2. The smallest absolute Gasteiger partial charge is 0.264 e. The summed E-state index contributed by atoms with van der Waals surface area (Å²) in [6.07, 6.45) is 3.76. The van der Waals surface area contributed by atoms with Crippen LogP contribution in [0, 0.1) is 0 Å². The summed E-state index contributed by atoms with van der Waals surface area (Å²) in [5, 5.41) is 0. The highest BCUT2D eigenvalue weighted by Gasteiger charge is 2.25. The minimum atomic E-state index is -3.91. The number of nitrogens with zero attached hydrogens (tertiary/aromatic N) is 1. The Morgan fingerprint density at radius 3 is 2.04 bits per heavy atom. The topological polar surface area (TPSA) is 83.5 Å². The van der Waals surface area contributed by atoms with Crippen molar-refractivity contribution in [2.75, 3.05) is 17.8 Å². The number of hydrogen-bond donors (Lipinski definition) is 1. The van der Waals surface area contributed by atoms with E-state index in [1.807, 2.05) is 0 Å². The lowest BCUT2D eigenvalue weighted by Crippen LogP contribution is -2.31.